The number of aromatic nitrogens is 6. The predicted octanol–water partition coefficient (Wildman–Crippen LogP) is 7.58. The van der Waals surface area contributed by atoms with E-state index in [9.17, 15) is 0 Å². The molecule has 0 aliphatic rings. The molecule has 0 bridgehead atoms. The lowest BCUT2D eigenvalue weighted by Gasteiger charge is -2.16. The maximum absolute atomic E-state index is 6.13. The van der Waals surface area contributed by atoms with Gasteiger partial charge in [-0.2, -0.15) is 0 Å². The van der Waals surface area contributed by atoms with Crippen molar-refractivity contribution in [3.63, 3.8) is 0 Å². The van der Waals surface area contributed by atoms with E-state index in [2.05, 4.69) is 19.9 Å². The molecule has 4 heterocycles. The van der Waals surface area contributed by atoms with Gasteiger partial charge in [0.1, 0.15) is 29.1 Å². The third-order valence-electron chi connectivity index (χ3n) is 7.66. The summed E-state index contributed by atoms with van der Waals surface area (Å²) in [6.45, 7) is 0. The lowest BCUT2D eigenvalue weighted by Crippen LogP contribution is -2.14. The largest absolute Gasteiger partial charge is 0.363 e. The average Bonchev–Trinajstić information content (AvgIpc) is 3.09. The maximum atomic E-state index is 6.13. The van der Waals surface area contributed by atoms with Crippen molar-refractivity contribution >= 4 is 80.4 Å². The van der Waals surface area contributed by atoms with E-state index >= 15 is 0 Å². The fourth-order valence-electron chi connectivity index (χ4n) is 5.14. The van der Waals surface area contributed by atoms with E-state index in [1.54, 1.807) is 0 Å². The van der Waals surface area contributed by atoms with Crippen molar-refractivity contribution in [3.8, 4) is 0 Å². The summed E-state index contributed by atoms with van der Waals surface area (Å²) >= 11 is 12.2. The van der Waals surface area contributed by atoms with Gasteiger partial charge < -0.3 is 19.6 Å². The minimum Gasteiger partial charge on any atom is -0.363 e. The quantitative estimate of drug-likeness (QED) is 0.150. The monoisotopic (exact) mass is 708 g/mol. The van der Waals surface area contributed by atoms with Gasteiger partial charge in [-0.3, -0.25) is 0 Å². The standard InChI is InChI=1S/C19H22ClN5.C19H20ClN5/c2*1-24(2)18-7-5-6-14(21-18)9-11-17-22-16-10-8-13(20)12-15(16)19(23-17)25(3)4/h5-8,10,12H,9,11H2,1-4H3;5-12H,1-4H3. The topological polar surface area (TPSA) is 90.3 Å². The van der Waals surface area contributed by atoms with Crippen molar-refractivity contribution in [1.29, 1.82) is 0 Å². The molecule has 0 saturated heterocycles. The van der Waals surface area contributed by atoms with Gasteiger partial charge in [0, 0.05) is 89.3 Å². The van der Waals surface area contributed by atoms with Crippen LogP contribution < -0.4 is 19.6 Å². The molecule has 0 aliphatic heterocycles. The van der Waals surface area contributed by atoms with Crippen LogP contribution in [0.15, 0.2) is 72.8 Å². The molecule has 0 atom stereocenters. The first kappa shape index (κ1) is 36.2. The Hall–Kier alpha value is -5.06. The molecule has 4 aromatic heterocycles. The molecule has 0 radical (unpaired) electrons. The number of hydrogen-bond donors (Lipinski definition) is 0. The highest BCUT2D eigenvalue weighted by molar-refractivity contribution is 6.31. The Labute approximate surface area is 304 Å². The second-order valence-corrected chi connectivity index (χ2v) is 13.4. The van der Waals surface area contributed by atoms with Gasteiger partial charge in [0.15, 0.2) is 5.82 Å². The van der Waals surface area contributed by atoms with Crippen LogP contribution in [0, 0.1) is 0 Å². The molecule has 10 nitrogen and oxygen atoms in total. The molecule has 12 heteroatoms. The van der Waals surface area contributed by atoms with Crippen molar-refractivity contribution in [2.45, 2.75) is 12.8 Å². The number of hydrogen-bond acceptors (Lipinski definition) is 10. The predicted molar refractivity (Wildman–Crippen MR) is 211 cm³/mol. The summed E-state index contributed by atoms with van der Waals surface area (Å²) in [5, 5.41) is 3.26. The van der Waals surface area contributed by atoms with Gasteiger partial charge in [-0.25, -0.2) is 29.9 Å². The highest BCUT2D eigenvalue weighted by Gasteiger charge is 2.12. The minimum atomic E-state index is 0.635. The summed E-state index contributed by atoms with van der Waals surface area (Å²) in [6.07, 6.45) is 5.34. The zero-order valence-corrected chi connectivity index (χ0v) is 31.2. The van der Waals surface area contributed by atoms with Crippen LogP contribution in [0.3, 0.4) is 0 Å². The van der Waals surface area contributed by atoms with Crippen molar-refractivity contribution < 1.29 is 0 Å². The van der Waals surface area contributed by atoms with Gasteiger partial charge >= 0.3 is 0 Å². The number of benzene rings is 2. The molecule has 258 valence electrons. The molecular weight excluding hydrogens is 667 g/mol. The van der Waals surface area contributed by atoms with Crippen LogP contribution in [-0.4, -0.2) is 86.3 Å². The van der Waals surface area contributed by atoms with Crippen molar-refractivity contribution in [3.05, 3.63) is 106 Å². The van der Waals surface area contributed by atoms with Crippen molar-refractivity contribution in [2.24, 2.45) is 0 Å². The second kappa shape index (κ2) is 16.1. The summed E-state index contributed by atoms with van der Waals surface area (Å²) in [5.74, 6) is 5.04. The summed E-state index contributed by atoms with van der Waals surface area (Å²) in [6, 6.07) is 23.4. The molecule has 0 unspecified atom stereocenters. The van der Waals surface area contributed by atoms with Crippen LogP contribution in [0.4, 0.5) is 23.3 Å². The Balaban J connectivity index is 0.000000194. The van der Waals surface area contributed by atoms with E-state index in [4.69, 9.17) is 33.2 Å². The fraction of sp³-hybridized carbons (Fsp3) is 0.263. The van der Waals surface area contributed by atoms with Crippen LogP contribution in [0.1, 0.15) is 23.0 Å². The van der Waals surface area contributed by atoms with Crippen LogP contribution in [0.25, 0.3) is 34.0 Å². The van der Waals surface area contributed by atoms with Gasteiger partial charge in [0.2, 0.25) is 0 Å². The first-order chi connectivity index (χ1) is 23.9. The van der Waals surface area contributed by atoms with Gasteiger partial charge in [0.05, 0.1) is 16.7 Å². The van der Waals surface area contributed by atoms with Crippen molar-refractivity contribution in [2.75, 3.05) is 76.0 Å². The molecular formula is C38H42Cl2N10. The molecule has 6 rings (SSSR count). The SMILES string of the molecule is CN(C)c1cccc(C=Cc2nc(N(C)C)c3cc(Cl)ccc3n2)n1.CN(C)c1cccc(CCc2nc(N(C)C)c3cc(Cl)ccc3n2)n1. The number of anilines is 4. The molecule has 0 aliphatic carbocycles. The van der Waals surface area contributed by atoms with E-state index in [-0.39, 0.29) is 0 Å². The number of nitrogens with zero attached hydrogens (tertiary/aromatic N) is 10. The Morgan fingerprint density at radius 2 is 1.08 bits per heavy atom. The van der Waals surface area contributed by atoms with Crippen LogP contribution in [-0.2, 0) is 12.8 Å². The summed E-state index contributed by atoms with van der Waals surface area (Å²) in [5.41, 5.74) is 3.67. The normalized spacial score (nSPS) is 11.1. The van der Waals surface area contributed by atoms with E-state index in [1.165, 1.54) is 0 Å². The van der Waals surface area contributed by atoms with Gasteiger partial charge in [-0.1, -0.05) is 35.3 Å². The summed E-state index contributed by atoms with van der Waals surface area (Å²) in [7, 11) is 15.8. The third-order valence-corrected chi connectivity index (χ3v) is 8.13. The lowest BCUT2D eigenvalue weighted by atomic mass is 10.2. The fourth-order valence-corrected chi connectivity index (χ4v) is 5.48. The highest BCUT2D eigenvalue weighted by Crippen LogP contribution is 2.27. The summed E-state index contributed by atoms with van der Waals surface area (Å²) in [4.78, 5) is 35.9. The van der Waals surface area contributed by atoms with E-state index in [0.717, 1.165) is 75.1 Å². The minimum absolute atomic E-state index is 0.635. The van der Waals surface area contributed by atoms with E-state index < -0.39 is 0 Å². The Kier molecular flexibility index (Phi) is 11.7. The van der Waals surface area contributed by atoms with Crippen LogP contribution in [0.5, 0.6) is 0 Å². The maximum Gasteiger partial charge on any atom is 0.155 e. The second-order valence-electron chi connectivity index (χ2n) is 12.5. The molecule has 0 spiro atoms. The molecule has 50 heavy (non-hydrogen) atoms. The number of fused-ring (bicyclic) bond motifs is 2. The number of aryl methyl sites for hydroxylation is 2. The van der Waals surface area contributed by atoms with Crippen LogP contribution >= 0.6 is 23.2 Å². The molecule has 0 saturated carbocycles. The van der Waals surface area contributed by atoms with Gasteiger partial charge in [-0.05, 0) is 79.2 Å². The number of pyridine rings is 2. The Bertz CT molecular complexity index is 2130. The van der Waals surface area contributed by atoms with E-state index in [0.29, 0.717) is 15.9 Å². The molecule has 0 fully saturated rings. The molecule has 2 aromatic carbocycles. The smallest absolute Gasteiger partial charge is 0.155 e. The first-order valence-electron chi connectivity index (χ1n) is 16.1. The Morgan fingerprint density at radius 1 is 0.520 bits per heavy atom. The summed E-state index contributed by atoms with van der Waals surface area (Å²) < 4.78 is 0. The molecule has 0 N–H and O–H groups in total. The highest BCUT2D eigenvalue weighted by atomic mass is 35.5. The lowest BCUT2D eigenvalue weighted by molar-refractivity contribution is 0.837. The van der Waals surface area contributed by atoms with Gasteiger partial charge in [0.25, 0.3) is 0 Å². The molecule has 0 amide bonds. The van der Waals surface area contributed by atoms with E-state index in [1.807, 2.05) is 161 Å². The first-order valence-corrected chi connectivity index (χ1v) is 16.9. The Morgan fingerprint density at radius 3 is 1.68 bits per heavy atom. The zero-order chi connectivity index (χ0) is 35.9. The van der Waals surface area contributed by atoms with Crippen molar-refractivity contribution in [1.82, 2.24) is 29.9 Å². The van der Waals surface area contributed by atoms with Gasteiger partial charge in [-0.15, -0.1) is 0 Å². The zero-order valence-electron chi connectivity index (χ0n) is 29.7. The number of rotatable bonds is 9. The van der Waals surface area contributed by atoms with Crippen LogP contribution in [0.2, 0.25) is 10.0 Å². The number of halogens is 2. The third kappa shape index (κ3) is 9.13. The molecule has 6 aromatic rings. The average molecular weight is 710 g/mol.